The molecule has 1 N–H and O–H groups in total. The third-order valence-electron chi connectivity index (χ3n) is 3.86. The van der Waals surface area contributed by atoms with E-state index < -0.39 is 0 Å². The second-order valence-electron chi connectivity index (χ2n) is 5.45. The zero-order valence-electron chi connectivity index (χ0n) is 9.51. The molecule has 1 nitrogen and oxygen atoms in total. The fourth-order valence-electron chi connectivity index (χ4n) is 2.68. The minimum Gasteiger partial charge on any atom is -0.308 e. The maximum absolute atomic E-state index is 3.89. The summed E-state index contributed by atoms with van der Waals surface area (Å²) in [7, 11) is 0. The summed E-state index contributed by atoms with van der Waals surface area (Å²) in [4.78, 5) is 0. The first-order valence-electron chi connectivity index (χ1n) is 6.03. The molecule has 2 heteroatoms. The van der Waals surface area contributed by atoms with Crippen LogP contribution in [0.3, 0.4) is 0 Å². The first-order chi connectivity index (χ1) is 6.68. The van der Waals surface area contributed by atoms with E-state index in [0.29, 0.717) is 5.54 Å². The van der Waals surface area contributed by atoms with E-state index in [1.54, 1.807) is 0 Å². The van der Waals surface area contributed by atoms with Crippen molar-refractivity contribution in [1.82, 2.24) is 5.32 Å². The molecular formula is C12H23NS. The highest BCUT2D eigenvalue weighted by molar-refractivity contribution is 7.99. The van der Waals surface area contributed by atoms with Gasteiger partial charge in [-0.1, -0.05) is 6.92 Å². The Bertz CT molecular complexity index is 179. The van der Waals surface area contributed by atoms with Gasteiger partial charge in [0, 0.05) is 17.3 Å². The highest BCUT2D eigenvalue weighted by Gasteiger charge is 2.32. The SMILES string of the molecule is CC1CCC(C)(NC2CCSC2)CC1. The Morgan fingerprint density at radius 2 is 1.93 bits per heavy atom. The van der Waals surface area contributed by atoms with Crippen LogP contribution >= 0.6 is 11.8 Å². The summed E-state index contributed by atoms with van der Waals surface area (Å²) in [5, 5.41) is 3.89. The molecule has 0 spiro atoms. The van der Waals surface area contributed by atoms with E-state index in [1.165, 1.54) is 43.6 Å². The van der Waals surface area contributed by atoms with Gasteiger partial charge in [0.15, 0.2) is 0 Å². The first kappa shape index (κ1) is 10.8. The van der Waals surface area contributed by atoms with E-state index in [4.69, 9.17) is 0 Å². The minimum atomic E-state index is 0.460. The molecule has 1 heterocycles. The molecule has 82 valence electrons. The summed E-state index contributed by atoms with van der Waals surface area (Å²) >= 11 is 2.11. The lowest BCUT2D eigenvalue weighted by molar-refractivity contribution is 0.199. The van der Waals surface area contributed by atoms with Gasteiger partial charge >= 0.3 is 0 Å². The zero-order valence-corrected chi connectivity index (χ0v) is 10.3. The number of rotatable bonds is 2. The van der Waals surface area contributed by atoms with Crippen molar-refractivity contribution in [3.63, 3.8) is 0 Å². The molecule has 1 saturated heterocycles. The van der Waals surface area contributed by atoms with E-state index in [0.717, 1.165) is 12.0 Å². The molecule has 1 saturated carbocycles. The Morgan fingerprint density at radius 1 is 1.21 bits per heavy atom. The summed E-state index contributed by atoms with van der Waals surface area (Å²) in [6.07, 6.45) is 6.99. The van der Waals surface area contributed by atoms with Gasteiger partial charge in [-0.25, -0.2) is 0 Å². The van der Waals surface area contributed by atoms with Crippen molar-refractivity contribution >= 4 is 11.8 Å². The van der Waals surface area contributed by atoms with E-state index in [1.807, 2.05) is 0 Å². The minimum absolute atomic E-state index is 0.460. The second kappa shape index (κ2) is 4.44. The third-order valence-corrected chi connectivity index (χ3v) is 5.02. The molecule has 14 heavy (non-hydrogen) atoms. The predicted octanol–water partition coefficient (Wildman–Crippen LogP) is 3.05. The normalized spacial score (nSPS) is 44.1. The van der Waals surface area contributed by atoms with E-state index in [-0.39, 0.29) is 0 Å². The zero-order chi connectivity index (χ0) is 10.0. The van der Waals surface area contributed by atoms with Gasteiger partial charge in [0.2, 0.25) is 0 Å². The molecule has 0 amide bonds. The average Bonchev–Trinajstić information content (AvgIpc) is 2.63. The van der Waals surface area contributed by atoms with Crippen molar-refractivity contribution < 1.29 is 0 Å². The van der Waals surface area contributed by atoms with Crippen LogP contribution in [-0.2, 0) is 0 Å². The Labute approximate surface area is 92.4 Å². The summed E-state index contributed by atoms with van der Waals surface area (Å²) in [5.41, 5.74) is 0.460. The smallest absolute Gasteiger partial charge is 0.0171 e. The van der Waals surface area contributed by atoms with Crippen molar-refractivity contribution in [3.05, 3.63) is 0 Å². The van der Waals surface area contributed by atoms with Gasteiger partial charge in [0.05, 0.1) is 0 Å². The van der Waals surface area contributed by atoms with E-state index >= 15 is 0 Å². The molecule has 1 aliphatic carbocycles. The van der Waals surface area contributed by atoms with E-state index in [9.17, 15) is 0 Å². The number of nitrogens with one attached hydrogen (secondary N) is 1. The fraction of sp³-hybridized carbons (Fsp3) is 1.00. The van der Waals surface area contributed by atoms with Gasteiger partial charge in [0.25, 0.3) is 0 Å². The van der Waals surface area contributed by atoms with Crippen molar-refractivity contribution in [2.24, 2.45) is 5.92 Å². The summed E-state index contributed by atoms with van der Waals surface area (Å²) in [6.45, 7) is 4.83. The molecule has 0 aromatic rings. The highest BCUT2D eigenvalue weighted by atomic mass is 32.2. The average molecular weight is 213 g/mol. The Hall–Kier alpha value is 0.310. The van der Waals surface area contributed by atoms with Crippen molar-refractivity contribution in [2.45, 2.75) is 57.5 Å². The van der Waals surface area contributed by atoms with Crippen LogP contribution in [0.15, 0.2) is 0 Å². The van der Waals surface area contributed by atoms with Gasteiger partial charge in [-0.3, -0.25) is 0 Å². The summed E-state index contributed by atoms with van der Waals surface area (Å²) < 4.78 is 0. The Kier molecular flexibility index (Phi) is 3.43. The van der Waals surface area contributed by atoms with Crippen LogP contribution in [0.4, 0.5) is 0 Å². The van der Waals surface area contributed by atoms with Gasteiger partial charge in [0.1, 0.15) is 0 Å². The van der Waals surface area contributed by atoms with Crippen LogP contribution in [0, 0.1) is 5.92 Å². The van der Waals surface area contributed by atoms with Crippen LogP contribution in [0.5, 0.6) is 0 Å². The van der Waals surface area contributed by atoms with Gasteiger partial charge in [-0.05, 0) is 50.7 Å². The summed E-state index contributed by atoms with van der Waals surface area (Å²) in [5.74, 6) is 3.66. The maximum atomic E-state index is 3.89. The van der Waals surface area contributed by atoms with Gasteiger partial charge in [-0.15, -0.1) is 0 Å². The predicted molar refractivity (Wildman–Crippen MR) is 64.9 cm³/mol. The molecule has 2 fully saturated rings. The fourth-order valence-corrected chi connectivity index (χ4v) is 3.84. The first-order valence-corrected chi connectivity index (χ1v) is 7.19. The van der Waals surface area contributed by atoms with Crippen LogP contribution in [-0.4, -0.2) is 23.1 Å². The van der Waals surface area contributed by atoms with E-state index in [2.05, 4.69) is 30.9 Å². The van der Waals surface area contributed by atoms with Crippen LogP contribution in [0.1, 0.15) is 46.0 Å². The molecule has 1 unspecified atom stereocenters. The lowest BCUT2D eigenvalue weighted by atomic mass is 9.78. The largest absolute Gasteiger partial charge is 0.308 e. The highest BCUT2D eigenvalue weighted by Crippen LogP contribution is 2.33. The molecule has 1 aliphatic heterocycles. The van der Waals surface area contributed by atoms with Gasteiger partial charge < -0.3 is 5.32 Å². The van der Waals surface area contributed by atoms with Gasteiger partial charge in [-0.2, -0.15) is 11.8 Å². The monoisotopic (exact) mass is 213 g/mol. The summed E-state index contributed by atoms with van der Waals surface area (Å²) in [6, 6.07) is 0.804. The second-order valence-corrected chi connectivity index (χ2v) is 6.60. The number of thioether (sulfide) groups is 1. The maximum Gasteiger partial charge on any atom is 0.0171 e. The molecule has 1 atom stereocenters. The molecule has 0 aromatic carbocycles. The molecule has 0 bridgehead atoms. The Balaban J connectivity index is 1.82. The molecule has 2 aliphatic rings. The van der Waals surface area contributed by atoms with Crippen molar-refractivity contribution in [1.29, 1.82) is 0 Å². The van der Waals surface area contributed by atoms with Crippen molar-refractivity contribution in [3.8, 4) is 0 Å². The quantitative estimate of drug-likeness (QED) is 0.756. The third kappa shape index (κ3) is 2.66. The van der Waals surface area contributed by atoms with Crippen LogP contribution in [0.25, 0.3) is 0 Å². The lowest BCUT2D eigenvalue weighted by Crippen LogP contribution is -2.50. The number of hydrogen-bond acceptors (Lipinski definition) is 2. The lowest BCUT2D eigenvalue weighted by Gasteiger charge is -2.39. The van der Waals surface area contributed by atoms with Crippen molar-refractivity contribution in [2.75, 3.05) is 11.5 Å². The molecular weight excluding hydrogens is 190 g/mol. The number of hydrogen-bond donors (Lipinski definition) is 1. The molecule has 2 rings (SSSR count). The standard InChI is InChI=1S/C12H23NS/c1-10-3-6-12(2,7-4-10)13-11-5-8-14-9-11/h10-11,13H,3-9H2,1-2H3. The topological polar surface area (TPSA) is 12.0 Å². The molecule has 0 aromatic heterocycles. The molecule has 0 radical (unpaired) electrons. The van der Waals surface area contributed by atoms with Crippen LogP contribution in [0.2, 0.25) is 0 Å². The Morgan fingerprint density at radius 3 is 2.50 bits per heavy atom. The van der Waals surface area contributed by atoms with Crippen LogP contribution < -0.4 is 5.32 Å².